The van der Waals surface area contributed by atoms with Gasteiger partial charge in [0.25, 0.3) is 0 Å². The maximum absolute atomic E-state index is 11.8. The zero-order valence-electron chi connectivity index (χ0n) is 12.6. The van der Waals surface area contributed by atoms with Gasteiger partial charge in [0.1, 0.15) is 0 Å². The molecule has 0 aliphatic carbocycles. The standard InChI is InChI=1S/C14H29N3O/c1-14(2,3)11-6-7-17(10-11)12(9-15)8-13(18)16(4)5/h11-12H,6-10,15H2,1-5H3. The molecule has 1 amide bonds. The molecular weight excluding hydrogens is 226 g/mol. The average Bonchev–Trinajstić information content (AvgIpc) is 2.73. The normalized spacial score (nSPS) is 23.1. The molecular formula is C14H29N3O. The monoisotopic (exact) mass is 255 g/mol. The average molecular weight is 255 g/mol. The van der Waals surface area contributed by atoms with E-state index in [-0.39, 0.29) is 11.9 Å². The maximum atomic E-state index is 11.8. The highest BCUT2D eigenvalue weighted by molar-refractivity contribution is 5.76. The van der Waals surface area contributed by atoms with Crippen LogP contribution in [0.3, 0.4) is 0 Å². The number of amides is 1. The molecule has 1 aliphatic rings. The third-order valence-electron chi connectivity index (χ3n) is 4.14. The van der Waals surface area contributed by atoms with Crippen LogP contribution in [0.25, 0.3) is 0 Å². The molecule has 2 atom stereocenters. The molecule has 4 nitrogen and oxygen atoms in total. The van der Waals surface area contributed by atoms with Crippen molar-refractivity contribution in [2.24, 2.45) is 17.1 Å². The van der Waals surface area contributed by atoms with E-state index in [1.54, 1.807) is 19.0 Å². The summed E-state index contributed by atoms with van der Waals surface area (Å²) in [7, 11) is 3.61. The van der Waals surface area contributed by atoms with Crippen LogP contribution < -0.4 is 5.73 Å². The minimum absolute atomic E-state index is 0.171. The number of nitrogens with zero attached hydrogens (tertiary/aromatic N) is 2. The van der Waals surface area contributed by atoms with Gasteiger partial charge in [-0.3, -0.25) is 9.69 Å². The molecule has 18 heavy (non-hydrogen) atoms. The Hall–Kier alpha value is -0.610. The van der Waals surface area contributed by atoms with Crippen molar-refractivity contribution >= 4 is 5.91 Å². The van der Waals surface area contributed by atoms with E-state index < -0.39 is 0 Å². The van der Waals surface area contributed by atoms with Crippen molar-refractivity contribution in [2.45, 2.75) is 39.7 Å². The van der Waals surface area contributed by atoms with Gasteiger partial charge < -0.3 is 10.6 Å². The van der Waals surface area contributed by atoms with Crippen LogP contribution in [0, 0.1) is 11.3 Å². The summed E-state index contributed by atoms with van der Waals surface area (Å²) in [5, 5.41) is 0. The summed E-state index contributed by atoms with van der Waals surface area (Å²) in [6, 6.07) is 0.201. The van der Waals surface area contributed by atoms with E-state index in [0.29, 0.717) is 24.3 Å². The van der Waals surface area contributed by atoms with Crippen LogP contribution in [-0.2, 0) is 4.79 Å². The van der Waals surface area contributed by atoms with Gasteiger partial charge in [-0.25, -0.2) is 0 Å². The molecule has 0 bridgehead atoms. The Bertz CT molecular complexity index is 283. The number of carbonyl (C=O) groups excluding carboxylic acids is 1. The maximum Gasteiger partial charge on any atom is 0.223 e. The fraction of sp³-hybridized carbons (Fsp3) is 0.929. The molecule has 0 radical (unpaired) electrons. The first-order valence-electron chi connectivity index (χ1n) is 6.90. The van der Waals surface area contributed by atoms with Crippen molar-refractivity contribution < 1.29 is 4.79 Å². The van der Waals surface area contributed by atoms with Gasteiger partial charge in [0.05, 0.1) is 0 Å². The Morgan fingerprint density at radius 1 is 1.44 bits per heavy atom. The first-order chi connectivity index (χ1) is 8.25. The molecule has 0 saturated carbocycles. The highest BCUT2D eigenvalue weighted by Gasteiger charge is 2.34. The van der Waals surface area contributed by atoms with Gasteiger partial charge in [0.15, 0.2) is 0 Å². The highest BCUT2D eigenvalue weighted by atomic mass is 16.2. The summed E-state index contributed by atoms with van der Waals surface area (Å²) in [5.41, 5.74) is 6.19. The Labute approximate surface area is 111 Å². The summed E-state index contributed by atoms with van der Waals surface area (Å²) in [4.78, 5) is 15.8. The lowest BCUT2D eigenvalue weighted by molar-refractivity contribution is -0.129. The lowest BCUT2D eigenvalue weighted by atomic mass is 9.80. The molecule has 0 spiro atoms. The Balaban J connectivity index is 2.56. The third kappa shape index (κ3) is 3.95. The highest BCUT2D eigenvalue weighted by Crippen LogP contribution is 2.34. The fourth-order valence-corrected chi connectivity index (χ4v) is 2.57. The van der Waals surface area contributed by atoms with Crippen LogP contribution in [0.1, 0.15) is 33.6 Å². The van der Waals surface area contributed by atoms with Crippen LogP contribution >= 0.6 is 0 Å². The smallest absolute Gasteiger partial charge is 0.223 e. The molecule has 0 aromatic rings. The predicted molar refractivity (Wildman–Crippen MR) is 75.3 cm³/mol. The topological polar surface area (TPSA) is 49.6 Å². The van der Waals surface area contributed by atoms with Crippen LogP contribution in [0.2, 0.25) is 0 Å². The van der Waals surface area contributed by atoms with Gasteiger partial charge in [-0.05, 0) is 24.3 Å². The fourth-order valence-electron chi connectivity index (χ4n) is 2.57. The van der Waals surface area contributed by atoms with Crippen molar-refractivity contribution in [1.82, 2.24) is 9.80 Å². The van der Waals surface area contributed by atoms with Crippen LogP contribution in [0.5, 0.6) is 0 Å². The lowest BCUT2D eigenvalue weighted by Gasteiger charge is -2.30. The minimum atomic E-state index is 0.171. The molecule has 1 rings (SSSR count). The summed E-state index contributed by atoms with van der Waals surface area (Å²) in [5.74, 6) is 0.880. The van der Waals surface area contributed by atoms with Crippen LogP contribution in [-0.4, -0.2) is 55.5 Å². The second kappa shape index (κ2) is 6.02. The molecule has 1 heterocycles. The largest absolute Gasteiger partial charge is 0.349 e. The minimum Gasteiger partial charge on any atom is -0.349 e. The number of likely N-dealkylation sites (tertiary alicyclic amines) is 1. The summed E-state index contributed by atoms with van der Waals surface area (Å²) < 4.78 is 0. The summed E-state index contributed by atoms with van der Waals surface area (Å²) in [6.45, 7) is 9.60. The van der Waals surface area contributed by atoms with E-state index in [1.807, 2.05) is 0 Å². The Morgan fingerprint density at radius 3 is 2.44 bits per heavy atom. The van der Waals surface area contributed by atoms with Gasteiger partial charge in [0.2, 0.25) is 5.91 Å². The molecule has 4 heteroatoms. The van der Waals surface area contributed by atoms with E-state index in [0.717, 1.165) is 13.1 Å². The predicted octanol–water partition coefficient (Wildman–Crippen LogP) is 1.16. The zero-order chi connectivity index (χ0) is 13.9. The van der Waals surface area contributed by atoms with Gasteiger partial charge in [-0.1, -0.05) is 20.8 Å². The molecule has 0 aromatic heterocycles. The number of rotatable bonds is 4. The van der Waals surface area contributed by atoms with Gasteiger partial charge in [-0.15, -0.1) is 0 Å². The summed E-state index contributed by atoms with van der Waals surface area (Å²) >= 11 is 0. The molecule has 1 fully saturated rings. The van der Waals surface area contributed by atoms with Crippen molar-refractivity contribution in [2.75, 3.05) is 33.7 Å². The molecule has 0 aromatic carbocycles. The Morgan fingerprint density at radius 2 is 2.06 bits per heavy atom. The lowest BCUT2D eigenvalue weighted by Crippen LogP contribution is -2.43. The third-order valence-corrected chi connectivity index (χ3v) is 4.14. The second-order valence-electron chi connectivity index (χ2n) is 6.73. The quantitative estimate of drug-likeness (QED) is 0.820. The molecule has 1 saturated heterocycles. The van der Waals surface area contributed by atoms with E-state index in [2.05, 4.69) is 25.7 Å². The number of hydrogen-bond acceptors (Lipinski definition) is 3. The number of nitrogens with two attached hydrogens (primary N) is 1. The van der Waals surface area contributed by atoms with Crippen molar-refractivity contribution in [1.29, 1.82) is 0 Å². The van der Waals surface area contributed by atoms with E-state index in [4.69, 9.17) is 5.73 Å². The molecule has 1 aliphatic heterocycles. The second-order valence-corrected chi connectivity index (χ2v) is 6.73. The van der Waals surface area contributed by atoms with Crippen molar-refractivity contribution in [3.8, 4) is 0 Å². The molecule has 2 unspecified atom stereocenters. The number of hydrogen-bond donors (Lipinski definition) is 1. The van der Waals surface area contributed by atoms with Crippen molar-refractivity contribution in [3.05, 3.63) is 0 Å². The van der Waals surface area contributed by atoms with E-state index >= 15 is 0 Å². The first-order valence-corrected chi connectivity index (χ1v) is 6.90. The van der Waals surface area contributed by atoms with E-state index in [1.165, 1.54) is 6.42 Å². The van der Waals surface area contributed by atoms with Crippen molar-refractivity contribution in [3.63, 3.8) is 0 Å². The van der Waals surface area contributed by atoms with Gasteiger partial charge >= 0.3 is 0 Å². The van der Waals surface area contributed by atoms with Gasteiger partial charge in [0, 0.05) is 39.6 Å². The SMILES string of the molecule is CN(C)C(=O)CC(CN)N1CCC(C(C)(C)C)C1. The Kier molecular flexibility index (Phi) is 5.17. The first kappa shape index (κ1) is 15.4. The van der Waals surface area contributed by atoms with Crippen LogP contribution in [0.4, 0.5) is 0 Å². The molecule has 106 valence electrons. The molecule has 2 N–H and O–H groups in total. The number of carbonyl (C=O) groups is 1. The zero-order valence-corrected chi connectivity index (χ0v) is 12.6. The summed E-state index contributed by atoms with van der Waals surface area (Å²) in [6.07, 6.45) is 1.76. The van der Waals surface area contributed by atoms with Gasteiger partial charge in [-0.2, -0.15) is 0 Å². The van der Waals surface area contributed by atoms with Crippen LogP contribution in [0.15, 0.2) is 0 Å². The van der Waals surface area contributed by atoms with E-state index in [9.17, 15) is 4.79 Å².